The van der Waals surface area contributed by atoms with Gasteiger partial charge in [0.05, 0.1) is 36.5 Å². The maximum Gasteiger partial charge on any atom is 0.249 e. The minimum atomic E-state index is -1.52. The molecule has 0 radical (unpaired) electrons. The fourth-order valence-corrected chi connectivity index (χ4v) is 5.32. The second kappa shape index (κ2) is 12.6. The number of pyridine rings is 1. The van der Waals surface area contributed by atoms with E-state index >= 15 is 0 Å². The van der Waals surface area contributed by atoms with Gasteiger partial charge in [0.15, 0.2) is 17.5 Å². The maximum absolute atomic E-state index is 13.4. The number of benzene rings is 2. The summed E-state index contributed by atoms with van der Waals surface area (Å²) in [7, 11) is 5.56. The first-order valence-electron chi connectivity index (χ1n) is 13.1. The number of aryl methyl sites for hydroxylation is 1. The first-order chi connectivity index (χ1) is 19.2. The van der Waals surface area contributed by atoms with Crippen LogP contribution >= 0.6 is 0 Å². The van der Waals surface area contributed by atoms with Crippen molar-refractivity contribution in [1.82, 2.24) is 15.4 Å². The number of nitrogens with zero attached hydrogens (tertiary/aromatic N) is 3. The van der Waals surface area contributed by atoms with Crippen molar-refractivity contribution < 1.29 is 27.9 Å². The smallest absolute Gasteiger partial charge is 0.249 e. The van der Waals surface area contributed by atoms with Crippen LogP contribution in [-0.4, -0.2) is 61.8 Å². The number of hydrogen-bond donors (Lipinski definition) is 2. The van der Waals surface area contributed by atoms with Crippen LogP contribution in [0.4, 0.5) is 18.9 Å². The molecule has 40 heavy (non-hydrogen) atoms. The van der Waals surface area contributed by atoms with Gasteiger partial charge in [0.1, 0.15) is 5.75 Å². The molecule has 0 spiro atoms. The van der Waals surface area contributed by atoms with Crippen molar-refractivity contribution >= 4 is 22.5 Å². The van der Waals surface area contributed by atoms with Crippen LogP contribution < -0.4 is 15.1 Å². The monoisotopic (exact) mass is 554 g/mol. The lowest BCUT2D eigenvalue weighted by Crippen LogP contribution is -2.48. The Balaban J connectivity index is 1.44. The Morgan fingerprint density at radius 3 is 2.50 bits per heavy atom. The van der Waals surface area contributed by atoms with E-state index in [0.29, 0.717) is 51.7 Å². The van der Waals surface area contributed by atoms with Crippen LogP contribution in [0.1, 0.15) is 36.8 Å². The number of carbonyl (C=O) groups excluding carboxylic acids is 1. The highest BCUT2D eigenvalue weighted by Crippen LogP contribution is 2.38. The Labute approximate surface area is 231 Å². The highest BCUT2D eigenvalue weighted by Gasteiger charge is 2.40. The molecule has 0 bridgehead atoms. The van der Waals surface area contributed by atoms with Crippen molar-refractivity contribution in [2.24, 2.45) is 5.41 Å². The molecule has 212 valence electrons. The molecule has 1 aliphatic rings. The zero-order valence-corrected chi connectivity index (χ0v) is 22.9. The molecule has 0 unspecified atom stereocenters. The number of fused-ring (bicyclic) bond motifs is 1. The van der Waals surface area contributed by atoms with Crippen LogP contribution in [0.5, 0.6) is 5.75 Å². The topological polar surface area (TPSA) is 77.9 Å². The van der Waals surface area contributed by atoms with E-state index in [-0.39, 0.29) is 5.56 Å². The van der Waals surface area contributed by atoms with Gasteiger partial charge in [-0.25, -0.2) is 18.7 Å². The van der Waals surface area contributed by atoms with Crippen LogP contribution in [0.3, 0.4) is 0 Å². The predicted octanol–water partition coefficient (Wildman–Crippen LogP) is 4.69. The standard InChI is InChI=1S/C30H33F3N4O3/c1-36(2)27-19-34-26-9-8-21(40-3)18-23(26)22(27)7-4-10-30(29(38)35-39)11-14-37(15-12-30)13-5-6-20-16-24(31)28(33)25(32)17-20/h8-9,16-19,39H,4,7,10-15H2,1-3H3,(H,35,38). The number of anilines is 1. The van der Waals surface area contributed by atoms with Gasteiger partial charge in [-0.15, -0.1) is 0 Å². The number of methoxy groups -OCH3 is 1. The molecule has 1 aliphatic heterocycles. The van der Waals surface area contributed by atoms with Gasteiger partial charge in [-0.05, 0) is 68.0 Å². The number of likely N-dealkylation sites (tertiary alicyclic amines) is 1. The highest BCUT2D eigenvalue weighted by atomic mass is 19.2. The Hall–Kier alpha value is -3.81. The lowest BCUT2D eigenvalue weighted by molar-refractivity contribution is -0.143. The summed E-state index contributed by atoms with van der Waals surface area (Å²) in [6.07, 6.45) is 4.90. The number of nitrogens with one attached hydrogen (secondary N) is 1. The quantitative estimate of drug-likeness (QED) is 0.182. The van der Waals surface area contributed by atoms with Crippen molar-refractivity contribution in [2.75, 3.05) is 45.7 Å². The van der Waals surface area contributed by atoms with Gasteiger partial charge in [-0.1, -0.05) is 11.8 Å². The third-order valence-corrected chi connectivity index (χ3v) is 7.64. The van der Waals surface area contributed by atoms with Crippen LogP contribution in [0.25, 0.3) is 10.9 Å². The molecule has 1 fully saturated rings. The fraction of sp³-hybridized carbons (Fsp3) is 0.400. The second-order valence-electron chi connectivity index (χ2n) is 10.3. The molecule has 2 heterocycles. The van der Waals surface area contributed by atoms with E-state index in [1.54, 1.807) is 7.11 Å². The summed E-state index contributed by atoms with van der Waals surface area (Å²) in [6.45, 7) is 1.45. The van der Waals surface area contributed by atoms with Crippen molar-refractivity contribution in [2.45, 2.75) is 32.1 Å². The number of amides is 1. The summed E-state index contributed by atoms with van der Waals surface area (Å²) >= 11 is 0. The van der Waals surface area contributed by atoms with E-state index < -0.39 is 28.8 Å². The zero-order valence-electron chi connectivity index (χ0n) is 22.9. The molecule has 0 aliphatic carbocycles. The van der Waals surface area contributed by atoms with Crippen LogP contribution in [0, 0.1) is 34.7 Å². The summed E-state index contributed by atoms with van der Waals surface area (Å²) < 4.78 is 45.5. The van der Waals surface area contributed by atoms with E-state index in [2.05, 4.69) is 16.8 Å². The molecule has 0 saturated carbocycles. The number of rotatable bonds is 8. The van der Waals surface area contributed by atoms with Gasteiger partial charge in [0.2, 0.25) is 5.91 Å². The Kier molecular flexibility index (Phi) is 9.17. The molecule has 1 amide bonds. The summed E-state index contributed by atoms with van der Waals surface area (Å²) in [6, 6.07) is 7.52. The minimum absolute atomic E-state index is 0.0563. The number of carbonyl (C=O) groups is 1. The Morgan fingerprint density at radius 1 is 1.18 bits per heavy atom. The summed E-state index contributed by atoms with van der Waals surface area (Å²) in [5.74, 6) is 1.81. The van der Waals surface area contributed by atoms with Crippen molar-refractivity contribution in [1.29, 1.82) is 0 Å². The lowest BCUT2D eigenvalue weighted by Gasteiger charge is -2.39. The second-order valence-corrected chi connectivity index (χ2v) is 10.3. The third-order valence-electron chi connectivity index (χ3n) is 7.64. The Morgan fingerprint density at radius 2 is 1.88 bits per heavy atom. The largest absolute Gasteiger partial charge is 0.497 e. The zero-order chi connectivity index (χ0) is 28.9. The number of ether oxygens (including phenoxy) is 1. The number of aromatic nitrogens is 1. The molecule has 10 heteroatoms. The lowest BCUT2D eigenvalue weighted by atomic mass is 9.73. The van der Waals surface area contributed by atoms with E-state index in [4.69, 9.17) is 4.74 Å². The number of hydroxylamine groups is 1. The molecular weight excluding hydrogens is 521 g/mol. The molecule has 2 aromatic carbocycles. The van der Waals surface area contributed by atoms with Crippen LogP contribution in [0.2, 0.25) is 0 Å². The van der Waals surface area contributed by atoms with Crippen LogP contribution in [0.15, 0.2) is 36.5 Å². The van der Waals surface area contributed by atoms with Gasteiger partial charge in [0.25, 0.3) is 0 Å². The normalized spacial score (nSPS) is 14.9. The Bertz CT molecular complexity index is 1420. The SMILES string of the molecule is COc1ccc2ncc(N(C)C)c(CCCC3(C(=O)NO)CCN(CC#Cc4cc(F)c(F)c(F)c4)CC3)c2c1. The third kappa shape index (κ3) is 6.32. The number of hydrogen-bond acceptors (Lipinski definition) is 6. The fourth-order valence-electron chi connectivity index (χ4n) is 5.32. The molecule has 4 rings (SSSR count). The molecule has 1 saturated heterocycles. The van der Waals surface area contributed by atoms with E-state index in [1.165, 1.54) is 0 Å². The van der Waals surface area contributed by atoms with Crippen molar-refractivity contribution in [3.63, 3.8) is 0 Å². The van der Waals surface area contributed by atoms with Crippen molar-refractivity contribution in [3.05, 3.63) is 65.1 Å². The molecule has 2 N–H and O–H groups in total. The van der Waals surface area contributed by atoms with Crippen LogP contribution in [-0.2, 0) is 11.2 Å². The van der Waals surface area contributed by atoms with Gasteiger partial charge in [0, 0.05) is 38.1 Å². The minimum Gasteiger partial charge on any atom is -0.497 e. The number of piperidine rings is 1. The van der Waals surface area contributed by atoms with Gasteiger partial charge in [-0.2, -0.15) is 0 Å². The van der Waals surface area contributed by atoms with E-state index in [9.17, 15) is 23.2 Å². The predicted molar refractivity (Wildman–Crippen MR) is 147 cm³/mol. The first-order valence-corrected chi connectivity index (χ1v) is 13.1. The van der Waals surface area contributed by atoms with Gasteiger partial charge in [-0.3, -0.25) is 19.9 Å². The molecule has 7 nitrogen and oxygen atoms in total. The van der Waals surface area contributed by atoms with Crippen molar-refractivity contribution in [3.8, 4) is 17.6 Å². The number of halogens is 3. The summed E-state index contributed by atoms with van der Waals surface area (Å²) in [5.41, 5.74) is 4.17. The van der Waals surface area contributed by atoms with Gasteiger partial charge >= 0.3 is 0 Å². The molecular formula is C30H33F3N4O3. The van der Waals surface area contributed by atoms with Gasteiger partial charge < -0.3 is 9.64 Å². The first kappa shape index (κ1) is 29.2. The molecule has 1 aromatic heterocycles. The highest BCUT2D eigenvalue weighted by molar-refractivity contribution is 5.88. The van der Waals surface area contributed by atoms with E-state index in [0.717, 1.165) is 40.0 Å². The maximum atomic E-state index is 13.4. The average molecular weight is 555 g/mol. The average Bonchev–Trinajstić information content (AvgIpc) is 2.95. The summed E-state index contributed by atoms with van der Waals surface area (Å²) in [4.78, 5) is 21.5. The van der Waals surface area contributed by atoms with E-state index in [1.807, 2.05) is 53.8 Å². The molecule has 0 atom stereocenters. The molecule has 3 aromatic rings. The summed E-state index contributed by atoms with van der Waals surface area (Å²) in [5, 5.41) is 10.5.